The summed E-state index contributed by atoms with van der Waals surface area (Å²) >= 11 is 1.78. The maximum absolute atomic E-state index is 5.98. The Kier molecular flexibility index (Phi) is 5.02. The van der Waals surface area contributed by atoms with Crippen molar-refractivity contribution >= 4 is 39.1 Å². The molecule has 1 atom stereocenters. The van der Waals surface area contributed by atoms with Crippen molar-refractivity contribution < 1.29 is 0 Å². The highest BCUT2D eigenvalue weighted by molar-refractivity contribution is 7.18. The number of hydrogen-bond donors (Lipinski definition) is 2. The van der Waals surface area contributed by atoms with Gasteiger partial charge < -0.3 is 11.1 Å². The smallest absolute Gasteiger partial charge is 0.232 e. The largest absolute Gasteiger partial charge is 0.368 e. The molecule has 0 saturated carbocycles. The Morgan fingerprint density at radius 3 is 2.73 bits per heavy atom. The summed E-state index contributed by atoms with van der Waals surface area (Å²) in [6, 6.07) is 16.7. The number of thiazole rings is 1. The van der Waals surface area contributed by atoms with E-state index in [9.17, 15) is 0 Å². The number of nitrogen functional groups attached to an aromatic ring is 1. The zero-order valence-electron chi connectivity index (χ0n) is 16.7. The quantitative estimate of drug-likeness (QED) is 0.495. The van der Waals surface area contributed by atoms with Crippen LogP contribution >= 0.6 is 11.3 Å². The van der Waals surface area contributed by atoms with Gasteiger partial charge in [0.1, 0.15) is 10.8 Å². The number of hydrogen-bond acceptors (Lipinski definition) is 8. The molecule has 1 unspecified atom stereocenters. The van der Waals surface area contributed by atoms with Crippen LogP contribution in [0.15, 0.2) is 48.5 Å². The molecule has 8 heteroatoms. The molecule has 0 amide bonds. The maximum atomic E-state index is 5.98. The molecule has 5 rings (SSSR count). The fourth-order valence-electron chi connectivity index (χ4n) is 3.84. The zero-order valence-corrected chi connectivity index (χ0v) is 17.6. The normalized spacial score (nSPS) is 16.9. The fourth-order valence-corrected chi connectivity index (χ4v) is 4.98. The molecule has 0 radical (unpaired) electrons. The van der Waals surface area contributed by atoms with E-state index in [4.69, 9.17) is 10.7 Å². The van der Waals surface area contributed by atoms with Crippen LogP contribution in [0.4, 0.5) is 17.6 Å². The van der Waals surface area contributed by atoms with Gasteiger partial charge in [-0.05, 0) is 50.6 Å². The maximum Gasteiger partial charge on any atom is 0.232 e. The van der Waals surface area contributed by atoms with Crippen molar-refractivity contribution in [3.05, 3.63) is 64.9 Å². The highest BCUT2D eigenvalue weighted by atomic mass is 32.1. The van der Waals surface area contributed by atoms with E-state index in [0.29, 0.717) is 18.3 Å². The van der Waals surface area contributed by atoms with Crippen molar-refractivity contribution in [2.75, 3.05) is 17.6 Å². The van der Waals surface area contributed by atoms with Crippen LogP contribution in [0.2, 0.25) is 0 Å². The average Bonchev–Trinajstić information content (AvgIpc) is 3.35. The van der Waals surface area contributed by atoms with Crippen LogP contribution in [0.25, 0.3) is 10.2 Å². The van der Waals surface area contributed by atoms with Gasteiger partial charge in [-0.25, -0.2) is 4.98 Å². The lowest BCUT2D eigenvalue weighted by Crippen LogP contribution is -2.24. The minimum Gasteiger partial charge on any atom is -0.368 e. The number of benzene rings is 2. The van der Waals surface area contributed by atoms with Crippen LogP contribution in [0.5, 0.6) is 0 Å². The number of fused-ring (bicyclic) bond motifs is 1. The molecule has 3 heterocycles. The summed E-state index contributed by atoms with van der Waals surface area (Å²) in [7, 11) is 0. The molecule has 0 bridgehead atoms. The van der Waals surface area contributed by atoms with Gasteiger partial charge in [-0.15, -0.1) is 11.3 Å². The predicted octanol–water partition coefficient (Wildman–Crippen LogP) is 4.45. The number of rotatable bonds is 5. The standard InChI is InChI=1S/C22H23N7S/c1-14-8-10-15(11-9-14)24-22-27-19(26-21(23)28-22)13-29-12-4-6-17(29)20-25-16-5-2-3-7-18(16)30-20/h2-3,5,7-11,17H,4,6,12-13H2,1H3,(H3,23,24,26,27,28). The van der Waals surface area contributed by atoms with Crippen molar-refractivity contribution in [2.45, 2.75) is 32.4 Å². The van der Waals surface area contributed by atoms with E-state index in [1.807, 2.05) is 30.3 Å². The second-order valence-corrected chi connectivity index (χ2v) is 8.64. The minimum absolute atomic E-state index is 0.227. The van der Waals surface area contributed by atoms with Crippen LogP contribution in [0.3, 0.4) is 0 Å². The fraction of sp³-hybridized carbons (Fsp3) is 0.273. The van der Waals surface area contributed by atoms with Crippen molar-refractivity contribution in [3.63, 3.8) is 0 Å². The molecule has 30 heavy (non-hydrogen) atoms. The lowest BCUT2D eigenvalue weighted by atomic mass is 10.2. The van der Waals surface area contributed by atoms with E-state index in [0.717, 1.165) is 35.6 Å². The van der Waals surface area contributed by atoms with E-state index in [1.54, 1.807) is 11.3 Å². The molecule has 4 aromatic rings. The highest BCUT2D eigenvalue weighted by Gasteiger charge is 2.29. The molecule has 7 nitrogen and oxygen atoms in total. The lowest BCUT2D eigenvalue weighted by molar-refractivity contribution is 0.242. The van der Waals surface area contributed by atoms with Crippen LogP contribution in [-0.2, 0) is 6.54 Å². The molecule has 1 fully saturated rings. The van der Waals surface area contributed by atoms with Crippen molar-refractivity contribution in [1.82, 2.24) is 24.8 Å². The summed E-state index contributed by atoms with van der Waals surface area (Å²) < 4.78 is 1.23. The summed E-state index contributed by atoms with van der Waals surface area (Å²) in [5.41, 5.74) is 9.17. The molecule has 2 aromatic carbocycles. The molecule has 2 aromatic heterocycles. The first-order valence-electron chi connectivity index (χ1n) is 10.1. The summed E-state index contributed by atoms with van der Waals surface area (Å²) in [4.78, 5) is 20.5. The van der Waals surface area contributed by atoms with E-state index in [1.165, 1.54) is 10.3 Å². The van der Waals surface area contributed by atoms with Crippen LogP contribution in [0.1, 0.15) is 35.3 Å². The molecular formula is C22H23N7S. The number of nitrogens with two attached hydrogens (primary N) is 1. The van der Waals surface area contributed by atoms with Gasteiger partial charge in [0.2, 0.25) is 11.9 Å². The molecule has 1 saturated heterocycles. The minimum atomic E-state index is 0.227. The van der Waals surface area contributed by atoms with Gasteiger partial charge in [0, 0.05) is 5.69 Å². The first kappa shape index (κ1) is 18.9. The third-order valence-corrected chi connectivity index (χ3v) is 6.45. The Labute approximate surface area is 179 Å². The van der Waals surface area contributed by atoms with Gasteiger partial charge >= 0.3 is 0 Å². The third kappa shape index (κ3) is 3.96. The summed E-state index contributed by atoms with van der Waals surface area (Å²) in [6.07, 6.45) is 2.23. The number of aryl methyl sites for hydroxylation is 1. The van der Waals surface area contributed by atoms with Crippen LogP contribution < -0.4 is 11.1 Å². The number of anilines is 3. The van der Waals surface area contributed by atoms with Gasteiger partial charge in [-0.3, -0.25) is 4.90 Å². The number of nitrogens with one attached hydrogen (secondary N) is 1. The molecule has 0 aliphatic carbocycles. The monoisotopic (exact) mass is 417 g/mol. The van der Waals surface area contributed by atoms with Crippen molar-refractivity contribution in [1.29, 1.82) is 0 Å². The SMILES string of the molecule is Cc1ccc(Nc2nc(N)nc(CN3CCCC3c3nc4ccccc4s3)n2)cc1. The molecule has 0 spiro atoms. The number of aromatic nitrogens is 4. The molecule has 1 aliphatic rings. The number of para-hydroxylation sites is 1. The average molecular weight is 418 g/mol. The summed E-state index contributed by atoms with van der Waals surface area (Å²) in [5, 5.41) is 4.39. The van der Waals surface area contributed by atoms with Crippen LogP contribution in [-0.4, -0.2) is 31.4 Å². The zero-order chi connectivity index (χ0) is 20.5. The van der Waals surface area contributed by atoms with E-state index < -0.39 is 0 Å². The lowest BCUT2D eigenvalue weighted by Gasteiger charge is -2.22. The van der Waals surface area contributed by atoms with Gasteiger partial charge in [-0.1, -0.05) is 29.8 Å². The molecular weight excluding hydrogens is 394 g/mol. The Morgan fingerprint density at radius 2 is 1.90 bits per heavy atom. The predicted molar refractivity (Wildman–Crippen MR) is 121 cm³/mol. The van der Waals surface area contributed by atoms with Crippen molar-refractivity contribution in [2.24, 2.45) is 0 Å². The molecule has 152 valence electrons. The van der Waals surface area contributed by atoms with Crippen LogP contribution in [0, 0.1) is 6.92 Å². The topological polar surface area (TPSA) is 92.8 Å². The Balaban J connectivity index is 1.36. The van der Waals surface area contributed by atoms with Gasteiger partial charge in [0.05, 0.1) is 22.8 Å². The van der Waals surface area contributed by atoms with E-state index in [2.05, 4.69) is 50.3 Å². The van der Waals surface area contributed by atoms with E-state index in [-0.39, 0.29) is 12.0 Å². The molecule has 3 N–H and O–H groups in total. The van der Waals surface area contributed by atoms with Gasteiger partial charge in [0.15, 0.2) is 0 Å². The second kappa shape index (κ2) is 7.97. The second-order valence-electron chi connectivity index (χ2n) is 7.57. The van der Waals surface area contributed by atoms with E-state index >= 15 is 0 Å². The highest BCUT2D eigenvalue weighted by Crippen LogP contribution is 2.37. The Bertz CT molecular complexity index is 1140. The first-order chi connectivity index (χ1) is 14.6. The van der Waals surface area contributed by atoms with Gasteiger partial charge in [0.25, 0.3) is 0 Å². The Hall–Kier alpha value is -3.10. The number of likely N-dealkylation sites (tertiary alicyclic amines) is 1. The Morgan fingerprint density at radius 1 is 1.07 bits per heavy atom. The first-order valence-corrected chi connectivity index (χ1v) is 10.9. The summed E-state index contributed by atoms with van der Waals surface area (Å²) in [6.45, 7) is 3.67. The molecule has 1 aliphatic heterocycles. The third-order valence-electron chi connectivity index (χ3n) is 5.31. The van der Waals surface area contributed by atoms with Crippen molar-refractivity contribution in [3.8, 4) is 0 Å². The van der Waals surface area contributed by atoms with Gasteiger partial charge in [-0.2, -0.15) is 15.0 Å². The number of nitrogens with zero attached hydrogens (tertiary/aromatic N) is 5. The summed E-state index contributed by atoms with van der Waals surface area (Å²) in [5.74, 6) is 1.37.